The van der Waals surface area contributed by atoms with Gasteiger partial charge in [-0.3, -0.25) is 14.4 Å². The molecule has 1 heterocycles. The van der Waals surface area contributed by atoms with Crippen molar-refractivity contribution in [2.24, 2.45) is 5.92 Å². The maximum Gasteiger partial charge on any atom is 0.309 e. The average Bonchev–Trinajstić information content (AvgIpc) is 2.74. The lowest BCUT2D eigenvalue weighted by Gasteiger charge is -2.31. The second-order valence-electron chi connectivity index (χ2n) is 6.71. The third-order valence-electron chi connectivity index (χ3n) is 4.70. The van der Waals surface area contributed by atoms with Crippen molar-refractivity contribution in [2.45, 2.75) is 12.8 Å². The molecule has 8 heteroatoms. The summed E-state index contributed by atoms with van der Waals surface area (Å²) in [5.41, 5.74) is 0.401. The van der Waals surface area contributed by atoms with Gasteiger partial charge in [-0.15, -0.1) is 0 Å². The molecule has 0 aliphatic carbocycles. The predicted molar refractivity (Wildman–Crippen MR) is 101 cm³/mol. The fourth-order valence-corrected chi connectivity index (χ4v) is 3.10. The van der Waals surface area contributed by atoms with Gasteiger partial charge in [-0.05, 0) is 49.2 Å². The van der Waals surface area contributed by atoms with E-state index in [1.165, 1.54) is 42.5 Å². The molecule has 152 valence electrons. The van der Waals surface area contributed by atoms with Crippen LogP contribution in [0.1, 0.15) is 23.2 Å². The molecule has 0 saturated carbocycles. The number of carbonyl (C=O) groups is 3. The summed E-state index contributed by atoms with van der Waals surface area (Å²) in [6.07, 6.45) is 0.807. The van der Waals surface area contributed by atoms with Gasteiger partial charge in [0, 0.05) is 18.7 Å². The van der Waals surface area contributed by atoms with Crippen LogP contribution in [0.2, 0.25) is 0 Å². The number of halogens is 2. The van der Waals surface area contributed by atoms with Crippen LogP contribution in [0.4, 0.5) is 14.5 Å². The van der Waals surface area contributed by atoms with Crippen LogP contribution in [-0.4, -0.2) is 42.4 Å². The minimum absolute atomic E-state index is 0.0150. The van der Waals surface area contributed by atoms with Gasteiger partial charge in [0.25, 0.3) is 11.8 Å². The number of hydrogen-bond donors (Lipinski definition) is 1. The Bertz CT molecular complexity index is 894. The smallest absolute Gasteiger partial charge is 0.309 e. The number of carbonyl (C=O) groups excluding carboxylic acids is 3. The lowest BCUT2D eigenvalue weighted by molar-refractivity contribution is -0.152. The summed E-state index contributed by atoms with van der Waals surface area (Å²) in [5, 5.41) is 2.34. The Morgan fingerprint density at radius 2 is 1.66 bits per heavy atom. The summed E-state index contributed by atoms with van der Waals surface area (Å²) >= 11 is 0. The first-order chi connectivity index (χ1) is 13.9. The number of amides is 2. The minimum atomic E-state index is -0.632. The number of hydrogen-bond acceptors (Lipinski definition) is 4. The highest BCUT2D eigenvalue weighted by Gasteiger charge is 2.29. The van der Waals surface area contributed by atoms with E-state index in [0.717, 1.165) is 0 Å². The van der Waals surface area contributed by atoms with E-state index in [2.05, 4.69) is 5.32 Å². The molecule has 1 saturated heterocycles. The number of anilines is 1. The molecule has 0 atom stereocenters. The average molecular weight is 402 g/mol. The van der Waals surface area contributed by atoms with Gasteiger partial charge < -0.3 is 15.0 Å². The van der Waals surface area contributed by atoms with Gasteiger partial charge in [-0.25, -0.2) is 8.78 Å². The van der Waals surface area contributed by atoms with Gasteiger partial charge >= 0.3 is 5.97 Å². The molecule has 3 rings (SSSR count). The Kier molecular flexibility index (Phi) is 6.54. The Labute approximate surface area is 166 Å². The molecule has 2 amide bonds. The molecule has 1 fully saturated rings. The topological polar surface area (TPSA) is 75.7 Å². The van der Waals surface area contributed by atoms with Crippen LogP contribution in [0.5, 0.6) is 0 Å². The Hall–Kier alpha value is -3.29. The maximum atomic E-state index is 13.5. The molecule has 0 bridgehead atoms. The second kappa shape index (κ2) is 9.27. The van der Waals surface area contributed by atoms with Gasteiger partial charge in [0.1, 0.15) is 11.6 Å². The van der Waals surface area contributed by atoms with Crippen molar-refractivity contribution in [2.75, 3.05) is 25.0 Å². The highest BCUT2D eigenvalue weighted by atomic mass is 19.1. The standard InChI is InChI=1S/C21H20F2N2O4/c22-16-7-5-14(6-8-16)20(27)25-11-9-15(10-12-25)21(28)29-13-19(26)24-18-4-2-1-3-17(18)23/h1-8,15H,9-13H2,(H,24,26). The summed E-state index contributed by atoms with van der Waals surface area (Å²) in [6.45, 7) is 0.205. The van der Waals surface area contributed by atoms with Gasteiger partial charge in [-0.1, -0.05) is 12.1 Å². The first-order valence-electron chi connectivity index (χ1n) is 9.20. The molecule has 29 heavy (non-hydrogen) atoms. The molecule has 0 aromatic heterocycles. The third kappa shape index (κ3) is 5.37. The molecule has 2 aromatic rings. The fraction of sp³-hybridized carbons (Fsp3) is 0.286. The number of benzene rings is 2. The highest BCUT2D eigenvalue weighted by molar-refractivity contribution is 5.94. The lowest BCUT2D eigenvalue weighted by Crippen LogP contribution is -2.41. The molecule has 1 N–H and O–H groups in total. The Morgan fingerprint density at radius 1 is 1.00 bits per heavy atom. The number of nitrogens with one attached hydrogen (secondary N) is 1. The second-order valence-corrected chi connectivity index (χ2v) is 6.71. The van der Waals surface area contributed by atoms with E-state index in [1.807, 2.05) is 0 Å². The van der Waals surface area contributed by atoms with Crippen LogP contribution in [-0.2, 0) is 14.3 Å². The first kappa shape index (κ1) is 20.4. The predicted octanol–water partition coefficient (Wildman–Crippen LogP) is 3.00. The highest BCUT2D eigenvalue weighted by Crippen LogP contribution is 2.21. The number of likely N-dealkylation sites (tertiary alicyclic amines) is 1. The van der Waals surface area contributed by atoms with Crippen molar-refractivity contribution in [1.29, 1.82) is 0 Å². The first-order valence-corrected chi connectivity index (χ1v) is 9.20. The van der Waals surface area contributed by atoms with E-state index in [9.17, 15) is 23.2 Å². The molecule has 0 spiro atoms. The third-order valence-corrected chi connectivity index (χ3v) is 4.70. The van der Waals surface area contributed by atoms with Crippen LogP contribution in [0.3, 0.4) is 0 Å². The van der Waals surface area contributed by atoms with Crippen LogP contribution in [0.15, 0.2) is 48.5 Å². The SMILES string of the molecule is O=C(COC(=O)C1CCN(C(=O)c2ccc(F)cc2)CC1)Nc1ccccc1F. The molecule has 6 nitrogen and oxygen atoms in total. The zero-order valence-corrected chi connectivity index (χ0v) is 15.6. The zero-order chi connectivity index (χ0) is 20.8. The molecule has 0 unspecified atom stereocenters. The van der Waals surface area contributed by atoms with Gasteiger partial charge in [0.05, 0.1) is 11.6 Å². The molecular formula is C21H20F2N2O4. The van der Waals surface area contributed by atoms with Gasteiger partial charge in [0.2, 0.25) is 0 Å². The number of ether oxygens (including phenoxy) is 1. The van der Waals surface area contributed by atoms with Crippen molar-refractivity contribution in [1.82, 2.24) is 4.90 Å². The molecule has 1 aliphatic heterocycles. The summed E-state index contributed by atoms with van der Waals surface area (Å²) < 4.78 is 31.5. The van der Waals surface area contributed by atoms with Gasteiger partial charge in [0.15, 0.2) is 6.61 Å². The normalized spacial score (nSPS) is 14.3. The summed E-state index contributed by atoms with van der Waals surface area (Å²) in [4.78, 5) is 38.0. The monoisotopic (exact) mass is 402 g/mol. The minimum Gasteiger partial charge on any atom is -0.455 e. The van der Waals surface area contributed by atoms with E-state index in [-0.39, 0.29) is 11.6 Å². The van der Waals surface area contributed by atoms with Crippen LogP contribution < -0.4 is 5.32 Å². The molecule has 2 aromatic carbocycles. The fourth-order valence-electron chi connectivity index (χ4n) is 3.10. The number of rotatable bonds is 5. The van der Waals surface area contributed by atoms with Crippen LogP contribution in [0, 0.1) is 17.6 Å². The van der Waals surface area contributed by atoms with E-state index in [1.54, 1.807) is 11.0 Å². The summed E-state index contributed by atoms with van der Waals surface area (Å²) in [5.74, 6) is -2.79. The quantitative estimate of drug-likeness (QED) is 0.781. The van der Waals surface area contributed by atoms with Crippen molar-refractivity contribution >= 4 is 23.5 Å². The zero-order valence-electron chi connectivity index (χ0n) is 15.6. The molecular weight excluding hydrogens is 382 g/mol. The van der Waals surface area contributed by atoms with Crippen LogP contribution >= 0.6 is 0 Å². The molecule has 1 aliphatic rings. The number of piperidine rings is 1. The largest absolute Gasteiger partial charge is 0.455 e. The maximum absolute atomic E-state index is 13.5. The van der Waals surface area contributed by atoms with E-state index >= 15 is 0 Å². The van der Waals surface area contributed by atoms with Crippen molar-refractivity contribution < 1.29 is 27.9 Å². The van der Waals surface area contributed by atoms with Crippen LogP contribution in [0.25, 0.3) is 0 Å². The van der Waals surface area contributed by atoms with E-state index in [0.29, 0.717) is 31.5 Å². The number of esters is 1. The number of nitrogens with zero attached hydrogens (tertiary/aromatic N) is 1. The van der Waals surface area contributed by atoms with E-state index in [4.69, 9.17) is 4.74 Å². The number of para-hydroxylation sites is 1. The van der Waals surface area contributed by atoms with Crippen molar-refractivity contribution in [3.63, 3.8) is 0 Å². The molecule has 0 radical (unpaired) electrons. The van der Waals surface area contributed by atoms with Crippen molar-refractivity contribution in [3.8, 4) is 0 Å². The Morgan fingerprint density at radius 3 is 2.31 bits per heavy atom. The summed E-state index contributed by atoms with van der Waals surface area (Å²) in [6, 6.07) is 11.0. The van der Waals surface area contributed by atoms with Crippen molar-refractivity contribution in [3.05, 3.63) is 65.7 Å². The van der Waals surface area contributed by atoms with Gasteiger partial charge in [-0.2, -0.15) is 0 Å². The lowest BCUT2D eigenvalue weighted by atomic mass is 9.96. The Balaban J connectivity index is 1.44. The van der Waals surface area contributed by atoms with E-state index < -0.39 is 36.0 Å². The summed E-state index contributed by atoms with van der Waals surface area (Å²) in [7, 11) is 0.